The highest BCUT2D eigenvalue weighted by molar-refractivity contribution is 5.68. The topological polar surface area (TPSA) is 175 Å². The molecule has 0 aliphatic carbocycles. The molecule has 14 nitrogen and oxygen atoms in total. The van der Waals surface area contributed by atoms with Crippen molar-refractivity contribution in [2.24, 2.45) is 0 Å². The highest BCUT2D eigenvalue weighted by Gasteiger charge is 2.53. The molecule has 1 aliphatic heterocycles. The fourth-order valence-electron chi connectivity index (χ4n) is 3.30. The summed E-state index contributed by atoms with van der Waals surface area (Å²) < 4.78 is 27.9. The van der Waals surface area contributed by atoms with Crippen LogP contribution in [0.1, 0.15) is 39.6 Å². The van der Waals surface area contributed by atoms with E-state index < -0.39 is 71.9 Å². The van der Waals surface area contributed by atoms with Gasteiger partial charge in [-0.15, -0.1) is 0 Å². The van der Waals surface area contributed by atoms with Crippen molar-refractivity contribution in [2.75, 3.05) is 6.61 Å². The van der Waals surface area contributed by atoms with Gasteiger partial charge < -0.3 is 33.8 Å². The van der Waals surface area contributed by atoms with Gasteiger partial charge >= 0.3 is 29.7 Å². The van der Waals surface area contributed by atoms with Crippen molar-refractivity contribution >= 4 is 29.7 Å². The summed E-state index contributed by atoms with van der Waals surface area (Å²) in [4.78, 5) is 61.0. The summed E-state index contributed by atoms with van der Waals surface area (Å²) in [6.07, 6.45) is -4.26. The Hall–Kier alpha value is -3.55. The fraction of sp³-hybridized carbons (Fsp3) is 0.611. The molecule has 14 heteroatoms. The number of imidazole rings is 1. The Labute approximate surface area is 181 Å². The molecule has 32 heavy (non-hydrogen) atoms. The van der Waals surface area contributed by atoms with Crippen LogP contribution >= 0.6 is 0 Å². The van der Waals surface area contributed by atoms with Gasteiger partial charge in [-0.2, -0.15) is 0 Å². The molecule has 176 valence electrons. The molecule has 0 spiro atoms. The van der Waals surface area contributed by atoms with Gasteiger partial charge in [0, 0.05) is 34.6 Å². The van der Waals surface area contributed by atoms with E-state index in [1.54, 1.807) is 0 Å². The average Bonchev–Trinajstić information content (AvgIpc) is 3.03. The predicted octanol–water partition coefficient (Wildman–Crippen LogP) is 0.355. The summed E-state index contributed by atoms with van der Waals surface area (Å²) in [7, 11) is 0. The summed E-state index contributed by atoms with van der Waals surface area (Å²) >= 11 is 0. The maximum absolute atomic E-state index is 11.9. The Morgan fingerprint density at radius 2 is 1.59 bits per heavy atom. The molecular formula is C18H23N3O11. The lowest BCUT2D eigenvalue weighted by atomic mass is 9.95. The third-order valence-electron chi connectivity index (χ3n) is 4.36. The molecule has 1 aliphatic rings. The molecular weight excluding hydrogens is 434 g/mol. The van der Waals surface area contributed by atoms with Gasteiger partial charge in [-0.05, 0) is 9.91 Å². The Morgan fingerprint density at radius 3 is 2.06 bits per heavy atom. The first-order valence-corrected chi connectivity index (χ1v) is 9.41. The lowest BCUT2D eigenvalue weighted by Gasteiger charge is -2.44. The Bertz CT molecular complexity index is 912. The number of aromatic nitrogens is 2. The van der Waals surface area contributed by atoms with Crippen molar-refractivity contribution < 1.29 is 47.8 Å². The predicted molar refractivity (Wildman–Crippen MR) is 101 cm³/mol. The van der Waals surface area contributed by atoms with Crippen LogP contribution in [0.4, 0.5) is 5.82 Å². The number of hydrogen-bond acceptors (Lipinski definition) is 12. The first kappa shape index (κ1) is 24.7. The molecule has 0 N–H and O–H groups in total. The van der Waals surface area contributed by atoms with Gasteiger partial charge in [-0.3, -0.25) is 23.7 Å². The van der Waals surface area contributed by atoms with Crippen molar-refractivity contribution in [1.29, 1.82) is 0 Å². The third kappa shape index (κ3) is 6.00. The lowest BCUT2D eigenvalue weighted by Crippen LogP contribution is -2.59. The number of esters is 4. The molecule has 0 saturated carbocycles. The summed E-state index contributed by atoms with van der Waals surface area (Å²) in [5.74, 6) is -3.38. The highest BCUT2D eigenvalue weighted by atomic mass is 16.7. The second-order valence-corrected chi connectivity index (χ2v) is 6.90. The zero-order valence-corrected chi connectivity index (χ0v) is 18.0. The number of hydrogen-bond donors (Lipinski definition) is 0. The molecule has 1 fully saturated rings. The van der Waals surface area contributed by atoms with Gasteiger partial charge in [0.25, 0.3) is 0 Å². The summed E-state index contributed by atoms with van der Waals surface area (Å²) in [5.41, 5.74) is 0. The minimum absolute atomic E-state index is 0.111. The number of carbonyl (C=O) groups excluding carboxylic acids is 4. The van der Waals surface area contributed by atoms with E-state index in [1.165, 1.54) is 11.5 Å². The van der Waals surface area contributed by atoms with Crippen LogP contribution in [0.2, 0.25) is 0 Å². The van der Waals surface area contributed by atoms with Crippen molar-refractivity contribution in [2.45, 2.75) is 65.3 Å². The number of nitrogens with zero attached hydrogens (tertiary/aromatic N) is 3. The van der Waals surface area contributed by atoms with Crippen LogP contribution in [0.3, 0.4) is 0 Å². The molecule has 0 unspecified atom stereocenters. The van der Waals surface area contributed by atoms with E-state index in [2.05, 4.69) is 4.98 Å². The zero-order chi connectivity index (χ0) is 24.2. The van der Waals surface area contributed by atoms with Crippen LogP contribution < -0.4 is 0 Å². The number of aryl methyl sites for hydroxylation is 1. The number of rotatable bonds is 7. The number of carbonyl (C=O) groups is 4. The van der Waals surface area contributed by atoms with Crippen LogP contribution in [0, 0.1) is 17.0 Å². The van der Waals surface area contributed by atoms with Gasteiger partial charge in [0.1, 0.15) is 24.9 Å². The molecule has 0 radical (unpaired) electrons. The molecule has 0 amide bonds. The molecule has 2 heterocycles. The van der Waals surface area contributed by atoms with Gasteiger partial charge in [0.05, 0.1) is 0 Å². The largest absolute Gasteiger partial charge is 0.463 e. The quantitative estimate of drug-likeness (QED) is 0.238. The Morgan fingerprint density at radius 1 is 1.03 bits per heavy atom. The number of ether oxygens (including phenoxy) is 5. The molecule has 5 atom stereocenters. The van der Waals surface area contributed by atoms with E-state index in [1.807, 2.05) is 0 Å². The lowest BCUT2D eigenvalue weighted by molar-refractivity contribution is -0.389. The fourth-order valence-corrected chi connectivity index (χ4v) is 3.30. The van der Waals surface area contributed by atoms with Crippen LogP contribution in [0.15, 0.2) is 6.20 Å². The standard InChI is InChI=1S/C18H23N3O11/c1-8-19-14(21(26)27)6-20(8)15-17(30-11(4)24)16(29-10(3)23)13(7-28-9(2)22)32-18(15)31-12(5)25/h6,13,15-18H,7H2,1-5H3/t13-,15-,16+,17-,18-/m1/s1. The highest BCUT2D eigenvalue weighted by Crippen LogP contribution is 2.36. The van der Waals surface area contributed by atoms with Crippen molar-refractivity contribution in [3.05, 3.63) is 22.1 Å². The average molecular weight is 457 g/mol. The summed E-state index contributed by atoms with van der Waals surface area (Å²) in [5, 5.41) is 11.2. The molecule has 0 bridgehead atoms. The maximum Gasteiger partial charge on any atom is 0.381 e. The van der Waals surface area contributed by atoms with Gasteiger partial charge in [-0.25, -0.2) is 0 Å². The number of nitro groups is 1. The SMILES string of the molecule is CC(=O)OC[C@H]1O[C@@H](OC(C)=O)[C@H](n2cc([N+](=O)[O-])nc2C)[C@@H](OC(C)=O)[C@H]1OC(C)=O. The first-order chi connectivity index (χ1) is 14.9. The minimum atomic E-state index is -1.46. The maximum atomic E-state index is 11.9. The monoisotopic (exact) mass is 457 g/mol. The zero-order valence-electron chi connectivity index (χ0n) is 18.0. The van der Waals surface area contributed by atoms with Gasteiger partial charge in [0.15, 0.2) is 12.2 Å². The summed E-state index contributed by atoms with van der Waals surface area (Å²) in [6.45, 7) is 5.47. The van der Waals surface area contributed by atoms with Gasteiger partial charge in [0.2, 0.25) is 12.1 Å². The van der Waals surface area contributed by atoms with E-state index in [-0.39, 0.29) is 5.82 Å². The van der Waals surface area contributed by atoms with Crippen LogP contribution in [0.25, 0.3) is 0 Å². The molecule has 1 aromatic heterocycles. The normalized spacial score (nSPS) is 24.8. The summed E-state index contributed by atoms with van der Waals surface area (Å²) in [6, 6.07) is -1.22. The van der Waals surface area contributed by atoms with E-state index in [4.69, 9.17) is 23.7 Å². The minimum Gasteiger partial charge on any atom is -0.463 e. The van der Waals surface area contributed by atoms with E-state index in [0.29, 0.717) is 0 Å². The second-order valence-electron chi connectivity index (χ2n) is 6.90. The van der Waals surface area contributed by atoms with Crippen molar-refractivity contribution in [3.8, 4) is 0 Å². The third-order valence-corrected chi connectivity index (χ3v) is 4.36. The van der Waals surface area contributed by atoms with E-state index >= 15 is 0 Å². The van der Waals surface area contributed by atoms with Crippen LogP contribution in [-0.2, 0) is 42.9 Å². The van der Waals surface area contributed by atoms with Crippen LogP contribution in [-0.4, -0.2) is 69.6 Å². The van der Waals surface area contributed by atoms with Crippen molar-refractivity contribution in [1.82, 2.24) is 9.55 Å². The second kappa shape index (κ2) is 10.2. The Kier molecular flexibility index (Phi) is 7.86. The molecule has 1 aromatic rings. The van der Waals surface area contributed by atoms with Gasteiger partial charge in [-0.1, -0.05) is 0 Å². The molecule has 2 rings (SSSR count). The van der Waals surface area contributed by atoms with E-state index in [9.17, 15) is 29.3 Å². The Balaban J connectivity index is 2.62. The first-order valence-electron chi connectivity index (χ1n) is 9.41. The smallest absolute Gasteiger partial charge is 0.381 e. The molecule has 0 aromatic carbocycles. The van der Waals surface area contributed by atoms with Crippen molar-refractivity contribution in [3.63, 3.8) is 0 Å². The van der Waals surface area contributed by atoms with Crippen LogP contribution in [0.5, 0.6) is 0 Å². The molecule has 1 saturated heterocycles. The van der Waals surface area contributed by atoms with E-state index in [0.717, 1.165) is 33.9 Å².